The van der Waals surface area contributed by atoms with E-state index in [-0.39, 0.29) is 5.43 Å². The Hall–Kier alpha value is -3.73. The van der Waals surface area contributed by atoms with Crippen LogP contribution in [-0.4, -0.2) is 13.2 Å². The second-order valence-electron chi connectivity index (χ2n) is 8.27. The van der Waals surface area contributed by atoms with Gasteiger partial charge < -0.3 is 18.6 Å². The molecule has 0 saturated heterocycles. The quantitative estimate of drug-likeness (QED) is 0.375. The van der Waals surface area contributed by atoms with Gasteiger partial charge >= 0.3 is 0 Å². The van der Waals surface area contributed by atoms with Crippen LogP contribution in [0.2, 0.25) is 0 Å². The van der Waals surface area contributed by atoms with E-state index in [1.807, 2.05) is 30.3 Å². The zero-order valence-corrected chi connectivity index (χ0v) is 18.9. The third kappa shape index (κ3) is 4.31. The van der Waals surface area contributed by atoms with Gasteiger partial charge in [-0.3, -0.25) is 4.79 Å². The largest absolute Gasteiger partial charge is 0.490 e. The minimum Gasteiger partial charge on any atom is -0.490 e. The molecule has 0 bridgehead atoms. The third-order valence-electron chi connectivity index (χ3n) is 5.91. The molecule has 1 aliphatic heterocycles. The molecule has 0 N–H and O–H groups in total. The van der Waals surface area contributed by atoms with E-state index < -0.39 is 0 Å². The summed E-state index contributed by atoms with van der Waals surface area (Å²) in [6.45, 7) is 5.78. The number of benzene rings is 3. The molecule has 5 nitrogen and oxygen atoms in total. The van der Waals surface area contributed by atoms with Crippen LogP contribution in [0.5, 0.6) is 17.2 Å². The van der Waals surface area contributed by atoms with Gasteiger partial charge in [-0.15, -0.1) is 0 Å². The zero-order valence-electron chi connectivity index (χ0n) is 18.9. The van der Waals surface area contributed by atoms with E-state index in [1.54, 1.807) is 0 Å². The molecule has 0 spiro atoms. The molecule has 0 radical (unpaired) electrons. The Kier molecular flexibility index (Phi) is 5.78. The Balaban J connectivity index is 1.49. The van der Waals surface area contributed by atoms with Crippen molar-refractivity contribution in [3.8, 4) is 28.4 Å². The zero-order chi connectivity index (χ0) is 22.8. The fourth-order valence-electron chi connectivity index (χ4n) is 3.99. The molecular weight excluding hydrogens is 416 g/mol. The molecule has 168 valence electrons. The summed E-state index contributed by atoms with van der Waals surface area (Å²) in [5.74, 6) is 2.08. The average Bonchev–Trinajstić information content (AvgIpc) is 3.08. The summed E-state index contributed by atoms with van der Waals surface area (Å²) in [4.78, 5) is 13.4. The van der Waals surface area contributed by atoms with Crippen molar-refractivity contribution < 1.29 is 18.6 Å². The molecule has 3 aromatic carbocycles. The van der Waals surface area contributed by atoms with Gasteiger partial charge in [-0.2, -0.15) is 0 Å². The second kappa shape index (κ2) is 9.02. The molecule has 0 atom stereocenters. The van der Waals surface area contributed by atoms with Crippen molar-refractivity contribution in [3.63, 3.8) is 0 Å². The molecule has 0 aliphatic carbocycles. The van der Waals surface area contributed by atoms with E-state index in [0.29, 0.717) is 47.9 Å². The van der Waals surface area contributed by atoms with E-state index in [2.05, 4.69) is 38.1 Å². The minimum atomic E-state index is -0.0782. The first-order valence-corrected chi connectivity index (χ1v) is 11.3. The van der Waals surface area contributed by atoms with Gasteiger partial charge in [0, 0.05) is 12.5 Å². The summed E-state index contributed by atoms with van der Waals surface area (Å²) in [6.07, 6.45) is 3.09. The maximum atomic E-state index is 13.4. The van der Waals surface area contributed by atoms with Crippen molar-refractivity contribution >= 4 is 11.0 Å². The number of aryl methyl sites for hydroxylation is 2. The summed E-state index contributed by atoms with van der Waals surface area (Å²) in [7, 11) is 0. The van der Waals surface area contributed by atoms with E-state index in [9.17, 15) is 4.79 Å². The second-order valence-corrected chi connectivity index (χ2v) is 8.27. The fraction of sp³-hybridized carbons (Fsp3) is 0.250. The van der Waals surface area contributed by atoms with Gasteiger partial charge in [0.2, 0.25) is 5.43 Å². The Morgan fingerprint density at radius 1 is 0.939 bits per heavy atom. The van der Waals surface area contributed by atoms with Crippen molar-refractivity contribution in [1.29, 1.82) is 0 Å². The molecule has 5 rings (SSSR count). The van der Waals surface area contributed by atoms with Crippen LogP contribution in [0.4, 0.5) is 0 Å². The van der Waals surface area contributed by atoms with Gasteiger partial charge in [0.05, 0.1) is 24.2 Å². The highest BCUT2D eigenvalue weighted by Crippen LogP contribution is 2.34. The highest BCUT2D eigenvalue weighted by atomic mass is 16.5. The Bertz CT molecular complexity index is 1350. The predicted molar refractivity (Wildman–Crippen MR) is 128 cm³/mol. The first-order chi connectivity index (χ1) is 16.1. The van der Waals surface area contributed by atoms with E-state index >= 15 is 0 Å². The lowest BCUT2D eigenvalue weighted by molar-refractivity contribution is 0.297. The van der Waals surface area contributed by atoms with Crippen LogP contribution in [0.25, 0.3) is 22.1 Å². The Labute approximate surface area is 192 Å². The molecule has 2 heterocycles. The van der Waals surface area contributed by atoms with E-state index in [4.69, 9.17) is 18.6 Å². The summed E-state index contributed by atoms with van der Waals surface area (Å²) < 4.78 is 23.5. The van der Waals surface area contributed by atoms with Gasteiger partial charge in [-0.05, 0) is 48.2 Å². The molecule has 0 saturated carbocycles. The van der Waals surface area contributed by atoms with Gasteiger partial charge in [0.1, 0.15) is 24.2 Å². The molecule has 33 heavy (non-hydrogen) atoms. The van der Waals surface area contributed by atoms with Crippen LogP contribution in [0, 0.1) is 6.92 Å². The van der Waals surface area contributed by atoms with Crippen LogP contribution in [0.1, 0.15) is 30.0 Å². The molecule has 4 aromatic rings. The molecule has 5 heteroatoms. The average molecular weight is 443 g/mol. The van der Waals surface area contributed by atoms with Gasteiger partial charge in [0.15, 0.2) is 11.5 Å². The van der Waals surface area contributed by atoms with Crippen molar-refractivity contribution in [2.45, 2.75) is 33.3 Å². The Morgan fingerprint density at radius 2 is 1.73 bits per heavy atom. The highest BCUT2D eigenvalue weighted by molar-refractivity contribution is 5.84. The fourth-order valence-corrected chi connectivity index (χ4v) is 3.99. The van der Waals surface area contributed by atoms with Crippen molar-refractivity contribution in [1.82, 2.24) is 0 Å². The van der Waals surface area contributed by atoms with Crippen LogP contribution in [0.3, 0.4) is 0 Å². The lowest BCUT2D eigenvalue weighted by Crippen LogP contribution is -2.07. The summed E-state index contributed by atoms with van der Waals surface area (Å²) in [6, 6.07) is 17.5. The third-order valence-corrected chi connectivity index (χ3v) is 5.91. The number of rotatable bonds is 5. The molecule has 0 amide bonds. The number of fused-ring (bicyclic) bond motifs is 2. The molecule has 1 aromatic heterocycles. The lowest BCUT2D eigenvalue weighted by atomic mass is 10.0. The summed E-state index contributed by atoms with van der Waals surface area (Å²) in [5, 5.41) is 0.541. The van der Waals surface area contributed by atoms with Crippen molar-refractivity contribution in [2.24, 2.45) is 0 Å². The molecular formula is C28H26O5. The monoisotopic (exact) mass is 442 g/mol. The Morgan fingerprint density at radius 3 is 2.52 bits per heavy atom. The minimum absolute atomic E-state index is 0.0782. The van der Waals surface area contributed by atoms with Crippen LogP contribution in [-0.2, 0) is 13.0 Å². The first-order valence-electron chi connectivity index (χ1n) is 11.3. The molecule has 1 aliphatic rings. The van der Waals surface area contributed by atoms with Gasteiger partial charge in [0.25, 0.3) is 0 Å². The van der Waals surface area contributed by atoms with E-state index in [0.717, 1.165) is 35.3 Å². The number of hydrogen-bond donors (Lipinski definition) is 0. The smallest absolute Gasteiger partial charge is 0.200 e. The van der Waals surface area contributed by atoms with Crippen LogP contribution in [0.15, 0.2) is 70.1 Å². The van der Waals surface area contributed by atoms with Crippen molar-refractivity contribution in [2.75, 3.05) is 13.2 Å². The molecule has 0 unspecified atom stereocenters. The van der Waals surface area contributed by atoms with Gasteiger partial charge in [-0.1, -0.05) is 42.8 Å². The summed E-state index contributed by atoms with van der Waals surface area (Å²) >= 11 is 0. The van der Waals surface area contributed by atoms with Crippen LogP contribution >= 0.6 is 0 Å². The predicted octanol–water partition coefficient (Wildman–Crippen LogP) is 6.07. The topological polar surface area (TPSA) is 57.9 Å². The van der Waals surface area contributed by atoms with E-state index in [1.165, 1.54) is 11.8 Å². The maximum absolute atomic E-state index is 13.4. The van der Waals surface area contributed by atoms with Crippen molar-refractivity contribution in [3.05, 3.63) is 87.8 Å². The lowest BCUT2D eigenvalue weighted by Gasteiger charge is -2.13. The number of ether oxygens (including phenoxy) is 3. The SMILES string of the molecule is CCc1cc2c(=O)c(-c3ccc4c(c3)OCCCO4)coc2cc1OCc1ccc(C)cc1. The normalized spacial score (nSPS) is 13.0. The highest BCUT2D eigenvalue weighted by Gasteiger charge is 2.16. The standard InChI is InChI=1S/C28H26O5/c1-3-20-13-22-26(15-25(20)32-16-19-7-5-18(2)6-8-19)33-17-23(28(22)29)21-9-10-24-27(14-21)31-12-4-11-30-24/h5-10,13-15,17H,3-4,11-12,16H2,1-2H3. The number of hydrogen-bond acceptors (Lipinski definition) is 5. The van der Waals surface area contributed by atoms with Gasteiger partial charge in [-0.25, -0.2) is 0 Å². The first kappa shape index (κ1) is 21.1. The summed E-state index contributed by atoms with van der Waals surface area (Å²) in [5.41, 5.74) is 4.94. The maximum Gasteiger partial charge on any atom is 0.200 e. The molecule has 0 fully saturated rings. The van der Waals surface area contributed by atoms with Crippen LogP contribution < -0.4 is 19.6 Å².